The SMILES string of the molecule is O=C(NCC1CCCS1)c1cc(Br)ccc1Br. The molecule has 0 spiro atoms. The van der Waals surface area contributed by atoms with E-state index in [2.05, 4.69) is 37.2 Å². The maximum absolute atomic E-state index is 12.0. The van der Waals surface area contributed by atoms with Gasteiger partial charge in [-0.3, -0.25) is 4.79 Å². The van der Waals surface area contributed by atoms with E-state index in [9.17, 15) is 4.79 Å². The topological polar surface area (TPSA) is 29.1 Å². The molecule has 1 saturated heterocycles. The summed E-state index contributed by atoms with van der Waals surface area (Å²) in [6, 6.07) is 5.62. The van der Waals surface area contributed by atoms with Crippen molar-refractivity contribution in [3.05, 3.63) is 32.7 Å². The van der Waals surface area contributed by atoms with Crippen LogP contribution in [0.1, 0.15) is 23.2 Å². The number of thioether (sulfide) groups is 1. The van der Waals surface area contributed by atoms with Crippen LogP contribution in [0.4, 0.5) is 0 Å². The van der Waals surface area contributed by atoms with E-state index < -0.39 is 0 Å². The van der Waals surface area contributed by atoms with Crippen LogP contribution in [0.25, 0.3) is 0 Å². The normalized spacial score (nSPS) is 19.3. The van der Waals surface area contributed by atoms with Crippen molar-refractivity contribution in [1.82, 2.24) is 5.32 Å². The van der Waals surface area contributed by atoms with Gasteiger partial charge in [-0.2, -0.15) is 11.8 Å². The Hall–Kier alpha value is -0.000000000000000111. The highest BCUT2D eigenvalue weighted by Gasteiger charge is 2.17. The highest BCUT2D eigenvalue weighted by Crippen LogP contribution is 2.26. The first-order valence-electron chi connectivity index (χ1n) is 5.51. The molecule has 5 heteroatoms. The first-order chi connectivity index (χ1) is 8.16. The molecule has 0 saturated carbocycles. The second-order valence-electron chi connectivity index (χ2n) is 3.97. The Labute approximate surface area is 122 Å². The van der Waals surface area contributed by atoms with Gasteiger partial charge < -0.3 is 5.32 Å². The Bertz CT molecular complexity index is 419. The Balaban J connectivity index is 1.96. The van der Waals surface area contributed by atoms with Crippen LogP contribution in [-0.2, 0) is 0 Å². The van der Waals surface area contributed by atoms with E-state index in [1.54, 1.807) is 0 Å². The van der Waals surface area contributed by atoms with Gasteiger partial charge in [0.05, 0.1) is 5.56 Å². The van der Waals surface area contributed by atoms with Crippen LogP contribution in [0.3, 0.4) is 0 Å². The molecule has 1 heterocycles. The molecule has 1 aliphatic rings. The van der Waals surface area contributed by atoms with Crippen LogP contribution in [0.5, 0.6) is 0 Å². The van der Waals surface area contributed by atoms with Crippen molar-refractivity contribution in [1.29, 1.82) is 0 Å². The summed E-state index contributed by atoms with van der Waals surface area (Å²) in [7, 11) is 0. The zero-order valence-electron chi connectivity index (χ0n) is 9.21. The van der Waals surface area contributed by atoms with Crippen molar-refractivity contribution in [2.45, 2.75) is 18.1 Å². The number of hydrogen-bond donors (Lipinski definition) is 1. The summed E-state index contributed by atoms with van der Waals surface area (Å²) >= 11 is 8.73. The summed E-state index contributed by atoms with van der Waals surface area (Å²) in [5.74, 6) is 1.21. The minimum atomic E-state index is -0.00863. The minimum absolute atomic E-state index is 0.00863. The summed E-state index contributed by atoms with van der Waals surface area (Å²) < 4.78 is 1.75. The molecule has 0 aromatic heterocycles. The van der Waals surface area contributed by atoms with Crippen molar-refractivity contribution in [3.63, 3.8) is 0 Å². The standard InChI is InChI=1S/C12H13Br2NOS/c13-8-3-4-11(14)10(6-8)12(16)15-7-9-2-1-5-17-9/h3-4,6,9H,1-2,5,7H2,(H,15,16). The van der Waals surface area contributed by atoms with Crippen LogP contribution in [0.2, 0.25) is 0 Å². The lowest BCUT2D eigenvalue weighted by molar-refractivity contribution is 0.0953. The predicted octanol–water partition coefficient (Wildman–Crippen LogP) is 3.84. The molecule has 1 aliphatic heterocycles. The third-order valence-corrected chi connectivity index (χ3v) is 5.27. The fourth-order valence-electron chi connectivity index (χ4n) is 1.78. The molecule has 1 amide bonds. The molecular weight excluding hydrogens is 366 g/mol. The van der Waals surface area contributed by atoms with Crippen LogP contribution in [0, 0.1) is 0 Å². The number of benzene rings is 1. The monoisotopic (exact) mass is 377 g/mol. The van der Waals surface area contributed by atoms with Crippen LogP contribution in [0.15, 0.2) is 27.1 Å². The maximum atomic E-state index is 12.0. The molecule has 1 atom stereocenters. The molecule has 1 aromatic carbocycles. The van der Waals surface area contributed by atoms with Gasteiger partial charge in [0.2, 0.25) is 0 Å². The van der Waals surface area contributed by atoms with E-state index in [1.807, 2.05) is 30.0 Å². The van der Waals surface area contributed by atoms with Crippen molar-refractivity contribution in [2.75, 3.05) is 12.3 Å². The van der Waals surface area contributed by atoms with Crippen molar-refractivity contribution < 1.29 is 4.79 Å². The molecule has 0 radical (unpaired) electrons. The average Bonchev–Trinajstić information content (AvgIpc) is 2.82. The molecule has 1 N–H and O–H groups in total. The van der Waals surface area contributed by atoms with Gasteiger partial charge in [0.25, 0.3) is 5.91 Å². The quantitative estimate of drug-likeness (QED) is 0.865. The van der Waals surface area contributed by atoms with Crippen molar-refractivity contribution in [3.8, 4) is 0 Å². The van der Waals surface area contributed by atoms with Gasteiger partial charge in [-0.25, -0.2) is 0 Å². The molecule has 1 aromatic rings. The van der Waals surface area contributed by atoms with Gasteiger partial charge in [0.15, 0.2) is 0 Å². The van der Waals surface area contributed by atoms with E-state index in [4.69, 9.17) is 0 Å². The number of rotatable bonds is 3. The van der Waals surface area contributed by atoms with E-state index >= 15 is 0 Å². The van der Waals surface area contributed by atoms with Gasteiger partial charge in [-0.1, -0.05) is 15.9 Å². The molecular formula is C12H13Br2NOS. The van der Waals surface area contributed by atoms with E-state index in [0.717, 1.165) is 15.5 Å². The van der Waals surface area contributed by atoms with E-state index in [0.29, 0.717) is 10.8 Å². The van der Waals surface area contributed by atoms with Crippen LogP contribution >= 0.6 is 43.6 Å². The predicted molar refractivity (Wildman–Crippen MR) is 79.7 cm³/mol. The Kier molecular flexibility index (Phi) is 4.94. The third-order valence-electron chi connectivity index (χ3n) is 2.69. The number of nitrogens with one attached hydrogen (secondary N) is 1. The summed E-state index contributed by atoms with van der Waals surface area (Å²) in [6.45, 7) is 0.766. The van der Waals surface area contributed by atoms with Gasteiger partial charge in [0.1, 0.15) is 0 Å². The van der Waals surface area contributed by atoms with Gasteiger partial charge in [-0.15, -0.1) is 0 Å². The summed E-state index contributed by atoms with van der Waals surface area (Å²) in [6.07, 6.45) is 2.48. The first-order valence-corrected chi connectivity index (χ1v) is 8.15. The summed E-state index contributed by atoms with van der Waals surface area (Å²) in [4.78, 5) is 12.0. The van der Waals surface area contributed by atoms with Gasteiger partial charge >= 0.3 is 0 Å². The van der Waals surface area contributed by atoms with Crippen LogP contribution in [-0.4, -0.2) is 23.5 Å². The molecule has 1 unspecified atom stereocenters. The lowest BCUT2D eigenvalue weighted by atomic mass is 10.2. The second kappa shape index (κ2) is 6.25. The number of halogens is 2. The van der Waals surface area contributed by atoms with Crippen molar-refractivity contribution in [2.24, 2.45) is 0 Å². The molecule has 17 heavy (non-hydrogen) atoms. The maximum Gasteiger partial charge on any atom is 0.252 e. The first kappa shape index (κ1) is 13.4. The molecule has 0 bridgehead atoms. The smallest absolute Gasteiger partial charge is 0.252 e. The second-order valence-corrected chi connectivity index (χ2v) is 7.15. The van der Waals surface area contributed by atoms with Gasteiger partial charge in [-0.05, 0) is 52.7 Å². The Morgan fingerprint density at radius 3 is 3.00 bits per heavy atom. The third kappa shape index (κ3) is 3.73. The Morgan fingerprint density at radius 2 is 2.29 bits per heavy atom. The number of carbonyl (C=O) groups excluding carboxylic acids is 1. The minimum Gasteiger partial charge on any atom is -0.351 e. The molecule has 92 valence electrons. The van der Waals surface area contributed by atoms with Crippen molar-refractivity contribution >= 4 is 49.5 Å². The summed E-state index contributed by atoms with van der Waals surface area (Å²) in [5.41, 5.74) is 0.683. The average molecular weight is 379 g/mol. The largest absolute Gasteiger partial charge is 0.351 e. The lowest BCUT2D eigenvalue weighted by Crippen LogP contribution is -2.29. The van der Waals surface area contributed by atoms with E-state index in [1.165, 1.54) is 18.6 Å². The molecule has 1 fully saturated rings. The highest BCUT2D eigenvalue weighted by molar-refractivity contribution is 9.11. The van der Waals surface area contributed by atoms with E-state index in [-0.39, 0.29) is 5.91 Å². The zero-order chi connectivity index (χ0) is 12.3. The lowest BCUT2D eigenvalue weighted by Gasteiger charge is -2.11. The fourth-order valence-corrected chi connectivity index (χ4v) is 3.77. The number of hydrogen-bond acceptors (Lipinski definition) is 2. The molecule has 2 rings (SSSR count). The zero-order valence-corrected chi connectivity index (χ0v) is 13.2. The number of amides is 1. The highest BCUT2D eigenvalue weighted by atomic mass is 79.9. The Morgan fingerprint density at radius 1 is 1.47 bits per heavy atom. The molecule has 0 aliphatic carbocycles. The van der Waals surface area contributed by atoms with Gasteiger partial charge in [0, 0.05) is 20.7 Å². The fraction of sp³-hybridized carbons (Fsp3) is 0.417. The molecule has 2 nitrogen and oxygen atoms in total. The summed E-state index contributed by atoms with van der Waals surface area (Å²) in [5, 5.41) is 3.59. The number of carbonyl (C=O) groups is 1. The van der Waals surface area contributed by atoms with Crippen LogP contribution < -0.4 is 5.32 Å².